The molecule has 2 N–H and O–H groups in total. The van der Waals surface area contributed by atoms with Gasteiger partial charge in [-0.2, -0.15) is 0 Å². The number of aromatic carboxylic acids is 1. The second kappa shape index (κ2) is 6.11. The highest BCUT2D eigenvalue weighted by molar-refractivity contribution is 7.89. The van der Waals surface area contributed by atoms with Crippen molar-refractivity contribution < 1.29 is 18.3 Å². The molecule has 0 aliphatic rings. The van der Waals surface area contributed by atoms with Gasteiger partial charge in [0.2, 0.25) is 10.0 Å². The van der Waals surface area contributed by atoms with Gasteiger partial charge in [-0.05, 0) is 30.2 Å². The predicted octanol–water partition coefficient (Wildman–Crippen LogP) is 1.24. The van der Waals surface area contributed by atoms with Crippen molar-refractivity contribution >= 4 is 16.0 Å². The van der Waals surface area contributed by atoms with E-state index < -0.39 is 16.0 Å². The van der Waals surface area contributed by atoms with Crippen molar-refractivity contribution in [1.29, 1.82) is 0 Å². The lowest BCUT2D eigenvalue weighted by Gasteiger charge is -2.05. The summed E-state index contributed by atoms with van der Waals surface area (Å²) in [6.07, 6.45) is 3.69. The van der Waals surface area contributed by atoms with Gasteiger partial charge in [-0.25, -0.2) is 17.9 Å². The van der Waals surface area contributed by atoms with Crippen molar-refractivity contribution in [3.8, 4) is 0 Å². The molecule has 21 heavy (non-hydrogen) atoms. The number of aryl methyl sites for hydroxylation is 1. The first-order valence-corrected chi connectivity index (χ1v) is 7.81. The van der Waals surface area contributed by atoms with Crippen LogP contribution in [0.25, 0.3) is 0 Å². The van der Waals surface area contributed by atoms with Crippen molar-refractivity contribution in [2.24, 2.45) is 7.05 Å². The molecular weight excluding hydrogens is 292 g/mol. The summed E-state index contributed by atoms with van der Waals surface area (Å²) in [5, 5.41) is 8.79. The highest BCUT2D eigenvalue weighted by Crippen LogP contribution is 2.09. The van der Waals surface area contributed by atoms with Crippen LogP contribution in [0.15, 0.2) is 47.6 Å². The normalized spacial score (nSPS) is 11.5. The van der Waals surface area contributed by atoms with Crippen LogP contribution in [0.4, 0.5) is 0 Å². The molecule has 0 bridgehead atoms. The summed E-state index contributed by atoms with van der Waals surface area (Å²) >= 11 is 0. The van der Waals surface area contributed by atoms with Gasteiger partial charge in [0.05, 0.1) is 10.5 Å². The van der Waals surface area contributed by atoms with E-state index in [1.165, 1.54) is 24.4 Å². The number of aromatic nitrogens is 1. The number of carboxylic acids is 1. The Bertz CT molecular complexity index is 733. The zero-order valence-corrected chi connectivity index (χ0v) is 12.3. The van der Waals surface area contributed by atoms with Gasteiger partial charge in [0.1, 0.15) is 0 Å². The summed E-state index contributed by atoms with van der Waals surface area (Å²) in [6, 6.07) is 7.90. The highest BCUT2D eigenvalue weighted by Gasteiger charge is 2.14. The molecule has 2 aromatic rings. The molecule has 0 spiro atoms. The summed E-state index contributed by atoms with van der Waals surface area (Å²) < 4.78 is 28.1. The van der Waals surface area contributed by atoms with E-state index in [0.717, 1.165) is 5.56 Å². The second-order valence-corrected chi connectivity index (χ2v) is 6.43. The molecule has 0 aliphatic carbocycles. The SMILES string of the molecule is Cn1ccc(S(=O)(=O)NCCc2ccc(C(=O)O)cc2)c1. The zero-order chi connectivity index (χ0) is 15.5. The van der Waals surface area contributed by atoms with E-state index in [0.29, 0.717) is 6.42 Å². The van der Waals surface area contributed by atoms with E-state index in [2.05, 4.69) is 4.72 Å². The quantitative estimate of drug-likeness (QED) is 0.840. The molecule has 1 aromatic heterocycles. The fourth-order valence-electron chi connectivity index (χ4n) is 1.86. The first-order chi connectivity index (χ1) is 9.88. The number of nitrogens with one attached hydrogen (secondary N) is 1. The van der Waals surface area contributed by atoms with Crippen molar-refractivity contribution in [3.63, 3.8) is 0 Å². The van der Waals surface area contributed by atoms with Crippen LogP contribution in [-0.2, 0) is 23.5 Å². The third-order valence-corrected chi connectivity index (χ3v) is 4.47. The van der Waals surface area contributed by atoms with Crippen LogP contribution in [-0.4, -0.2) is 30.6 Å². The fourth-order valence-corrected chi connectivity index (χ4v) is 2.95. The molecule has 0 atom stereocenters. The predicted molar refractivity (Wildman–Crippen MR) is 77.7 cm³/mol. The van der Waals surface area contributed by atoms with E-state index in [1.807, 2.05) is 0 Å². The van der Waals surface area contributed by atoms with E-state index in [4.69, 9.17) is 5.11 Å². The Hall–Kier alpha value is -2.12. The maximum Gasteiger partial charge on any atom is 0.335 e. The number of nitrogens with zero attached hydrogens (tertiary/aromatic N) is 1. The molecule has 112 valence electrons. The molecule has 0 fully saturated rings. The van der Waals surface area contributed by atoms with Gasteiger partial charge in [-0.15, -0.1) is 0 Å². The summed E-state index contributed by atoms with van der Waals surface area (Å²) in [6.45, 7) is 0.254. The summed E-state index contributed by atoms with van der Waals surface area (Å²) in [5.74, 6) is -0.980. The molecule has 0 radical (unpaired) electrons. The Labute approximate surface area is 123 Å². The van der Waals surface area contributed by atoms with Crippen LogP contribution >= 0.6 is 0 Å². The van der Waals surface area contributed by atoms with Gasteiger partial charge >= 0.3 is 5.97 Å². The molecular formula is C14H16N2O4S. The topological polar surface area (TPSA) is 88.4 Å². The Balaban J connectivity index is 1.93. The van der Waals surface area contributed by atoms with Crippen LogP contribution in [0.3, 0.4) is 0 Å². The minimum Gasteiger partial charge on any atom is -0.478 e. The second-order valence-electron chi connectivity index (χ2n) is 4.66. The first kappa shape index (κ1) is 15.3. The van der Waals surface area contributed by atoms with Crippen LogP contribution in [0, 0.1) is 0 Å². The van der Waals surface area contributed by atoms with Gasteiger partial charge in [-0.1, -0.05) is 12.1 Å². The van der Waals surface area contributed by atoms with E-state index >= 15 is 0 Å². The molecule has 0 saturated heterocycles. The van der Waals surface area contributed by atoms with Crippen LogP contribution in [0.5, 0.6) is 0 Å². The van der Waals surface area contributed by atoms with Crippen molar-refractivity contribution in [3.05, 3.63) is 53.9 Å². The number of rotatable bonds is 6. The largest absolute Gasteiger partial charge is 0.478 e. The maximum absolute atomic E-state index is 12.0. The van der Waals surface area contributed by atoms with Crippen LogP contribution in [0.1, 0.15) is 15.9 Å². The zero-order valence-electron chi connectivity index (χ0n) is 11.5. The third-order valence-electron chi connectivity index (χ3n) is 3.02. The van der Waals surface area contributed by atoms with Gasteiger partial charge in [-0.3, -0.25) is 0 Å². The Morgan fingerprint density at radius 2 is 1.90 bits per heavy atom. The Morgan fingerprint density at radius 3 is 2.43 bits per heavy atom. The van der Waals surface area contributed by atoms with Gasteiger partial charge < -0.3 is 9.67 Å². The number of carboxylic acid groups (broad SMARTS) is 1. The molecule has 0 saturated carbocycles. The average Bonchev–Trinajstić information content (AvgIpc) is 2.87. The van der Waals surface area contributed by atoms with E-state index in [9.17, 15) is 13.2 Å². The average molecular weight is 308 g/mol. The maximum atomic E-state index is 12.0. The van der Waals surface area contributed by atoms with Crippen molar-refractivity contribution in [1.82, 2.24) is 9.29 Å². The lowest BCUT2D eigenvalue weighted by atomic mass is 10.1. The molecule has 0 unspecified atom stereocenters. The van der Waals surface area contributed by atoms with Gasteiger partial charge in [0, 0.05) is 26.0 Å². The Morgan fingerprint density at radius 1 is 1.24 bits per heavy atom. The first-order valence-electron chi connectivity index (χ1n) is 6.32. The van der Waals surface area contributed by atoms with E-state index in [1.54, 1.807) is 29.9 Å². The van der Waals surface area contributed by atoms with Gasteiger partial charge in [0.15, 0.2) is 0 Å². The lowest BCUT2D eigenvalue weighted by molar-refractivity contribution is 0.0697. The molecule has 2 rings (SSSR count). The smallest absolute Gasteiger partial charge is 0.335 e. The van der Waals surface area contributed by atoms with Gasteiger partial charge in [0.25, 0.3) is 0 Å². The molecule has 0 aliphatic heterocycles. The number of benzene rings is 1. The third kappa shape index (κ3) is 3.93. The number of hydrogen-bond donors (Lipinski definition) is 2. The van der Waals surface area contributed by atoms with Crippen molar-refractivity contribution in [2.45, 2.75) is 11.3 Å². The molecule has 1 heterocycles. The minimum absolute atomic E-state index is 0.212. The number of carbonyl (C=O) groups is 1. The summed E-state index contributed by atoms with van der Waals surface area (Å²) in [7, 11) is -1.74. The van der Waals surface area contributed by atoms with Crippen LogP contribution < -0.4 is 4.72 Å². The highest BCUT2D eigenvalue weighted by atomic mass is 32.2. The monoisotopic (exact) mass is 308 g/mol. The standard InChI is InChI=1S/C14H16N2O4S/c1-16-9-7-13(10-16)21(19,20)15-8-6-11-2-4-12(5-3-11)14(17)18/h2-5,7,9-10,15H,6,8H2,1H3,(H,17,18). The fraction of sp³-hybridized carbons (Fsp3) is 0.214. The molecule has 1 aromatic carbocycles. The number of sulfonamides is 1. The molecule has 7 heteroatoms. The lowest BCUT2D eigenvalue weighted by Crippen LogP contribution is -2.25. The Kier molecular flexibility index (Phi) is 4.44. The van der Waals surface area contributed by atoms with Crippen molar-refractivity contribution in [2.75, 3.05) is 6.54 Å². The van der Waals surface area contributed by atoms with Crippen LogP contribution in [0.2, 0.25) is 0 Å². The summed E-state index contributed by atoms with van der Waals surface area (Å²) in [5.41, 5.74) is 1.08. The molecule has 6 nitrogen and oxygen atoms in total. The van der Waals surface area contributed by atoms with E-state index in [-0.39, 0.29) is 17.0 Å². The minimum atomic E-state index is -3.50. The summed E-state index contributed by atoms with van der Waals surface area (Å²) in [4.78, 5) is 11.0. The number of hydrogen-bond acceptors (Lipinski definition) is 3. The molecule has 0 amide bonds.